The van der Waals surface area contributed by atoms with E-state index in [2.05, 4.69) is 10.3 Å². The standard InChI is InChI=1S/C24H19ClN2O3.C20H16N2O4/c1-24(2)9-15-19(16(28)10-24)18(12-7-8-17(25)26-11-12)20-21(27-15)23(30)14-6-4-3-5-13(14)22(20)29;21-9-11-17(22)19(25)16-14(10-5-2-1-3-6-10)15-12(23)7-4-8-13(15)26-20(16)18(11)24/h3-8,11,18,27H,9-10H2,1-2H3;1-3,5-6,9,14,21H,4,7-8,22H2. The maximum absolute atomic E-state index is 13.5. The first-order chi connectivity index (χ1) is 26.8. The monoisotopic (exact) mass is 766 g/mol. The zero-order valence-corrected chi connectivity index (χ0v) is 31.2. The average Bonchev–Trinajstić information content (AvgIpc) is 3.18. The van der Waals surface area contributed by atoms with E-state index in [1.54, 1.807) is 42.6 Å². The van der Waals surface area contributed by atoms with Gasteiger partial charge in [-0.1, -0.05) is 86.1 Å². The molecular weight excluding hydrogens is 732 g/mol. The molecule has 3 heterocycles. The normalized spacial score (nSPS) is 22.6. The molecule has 4 aliphatic carbocycles. The third-order valence-electron chi connectivity index (χ3n) is 11.0. The number of hydrogen-bond donors (Lipinski definition) is 3. The number of benzene rings is 2. The molecule has 11 nitrogen and oxygen atoms in total. The molecule has 2 aliphatic heterocycles. The lowest BCUT2D eigenvalue weighted by molar-refractivity contribution is -0.120. The van der Waals surface area contributed by atoms with Crippen LogP contribution in [0.5, 0.6) is 0 Å². The molecule has 56 heavy (non-hydrogen) atoms. The SMILES string of the molecule is CC1(C)CC(=O)C2=C(C1)NC1=C(C(=O)c3ccccc3C1=O)C2c1ccc(Cl)nc1.N=CC1=C(N)C(=O)C2=C(OC3=C(C(=O)CCC3)C2c2ccccc2)C1=O. The van der Waals surface area contributed by atoms with E-state index in [1.807, 2.05) is 44.2 Å². The van der Waals surface area contributed by atoms with Crippen LogP contribution >= 0.6 is 11.6 Å². The van der Waals surface area contributed by atoms with E-state index in [0.717, 1.165) is 17.5 Å². The van der Waals surface area contributed by atoms with Crippen molar-refractivity contribution in [2.75, 3.05) is 0 Å². The molecule has 4 N–H and O–H groups in total. The van der Waals surface area contributed by atoms with E-state index in [9.17, 15) is 28.8 Å². The van der Waals surface area contributed by atoms with Gasteiger partial charge in [-0.25, -0.2) is 4.98 Å². The number of halogens is 1. The molecule has 280 valence electrons. The Morgan fingerprint density at radius 3 is 2.12 bits per heavy atom. The summed E-state index contributed by atoms with van der Waals surface area (Å²) in [7, 11) is 0. The van der Waals surface area contributed by atoms with Crippen molar-refractivity contribution >= 4 is 52.5 Å². The average molecular weight is 767 g/mol. The van der Waals surface area contributed by atoms with Crippen molar-refractivity contribution in [2.24, 2.45) is 11.1 Å². The first kappa shape index (κ1) is 36.6. The second kappa shape index (κ2) is 13.8. The lowest BCUT2D eigenvalue weighted by Gasteiger charge is -2.40. The number of ether oxygens (including phenoxy) is 1. The number of rotatable bonds is 3. The van der Waals surface area contributed by atoms with E-state index in [4.69, 9.17) is 27.5 Å². The number of pyridine rings is 1. The Hall–Kier alpha value is -6.33. The number of Topliss-reactive ketones (excluding diaryl/α,β-unsaturated/α-hetero) is 6. The Morgan fingerprint density at radius 2 is 1.45 bits per heavy atom. The summed E-state index contributed by atoms with van der Waals surface area (Å²) in [5.74, 6) is -2.68. The van der Waals surface area contributed by atoms with Crippen LogP contribution in [0.4, 0.5) is 0 Å². The summed E-state index contributed by atoms with van der Waals surface area (Å²) in [6.45, 7) is 4.06. The number of carbonyl (C=O) groups is 6. The minimum Gasteiger partial charge on any atom is -0.457 e. The van der Waals surface area contributed by atoms with Crippen LogP contribution < -0.4 is 11.1 Å². The molecule has 0 saturated carbocycles. The number of fused-ring (bicyclic) bond motifs is 1. The van der Waals surface area contributed by atoms with Gasteiger partial charge in [0.1, 0.15) is 10.9 Å². The van der Waals surface area contributed by atoms with Crippen molar-refractivity contribution < 1.29 is 33.5 Å². The maximum Gasteiger partial charge on any atom is 0.232 e. The van der Waals surface area contributed by atoms with Gasteiger partial charge in [0.15, 0.2) is 23.1 Å². The molecule has 3 aromatic rings. The van der Waals surface area contributed by atoms with Crippen molar-refractivity contribution in [1.29, 1.82) is 5.41 Å². The van der Waals surface area contributed by atoms with Crippen molar-refractivity contribution in [1.82, 2.24) is 10.3 Å². The van der Waals surface area contributed by atoms with Crippen LogP contribution in [0, 0.1) is 10.8 Å². The zero-order valence-electron chi connectivity index (χ0n) is 30.5. The molecule has 1 aromatic heterocycles. The Bertz CT molecular complexity index is 2520. The highest BCUT2D eigenvalue weighted by molar-refractivity contribution is 6.32. The third-order valence-corrected chi connectivity index (χ3v) is 11.2. The molecule has 2 unspecified atom stereocenters. The molecule has 12 heteroatoms. The second-order valence-electron chi connectivity index (χ2n) is 15.2. The van der Waals surface area contributed by atoms with Crippen molar-refractivity contribution in [3.05, 3.63) is 157 Å². The largest absolute Gasteiger partial charge is 0.457 e. The Balaban J connectivity index is 0.000000159. The third kappa shape index (κ3) is 5.90. The molecule has 0 saturated heterocycles. The number of carbonyl (C=O) groups excluding carboxylic acids is 6. The van der Waals surface area contributed by atoms with E-state index in [1.165, 1.54) is 0 Å². The van der Waals surface area contributed by atoms with Gasteiger partial charge in [0.25, 0.3) is 0 Å². The van der Waals surface area contributed by atoms with Gasteiger partial charge < -0.3 is 21.2 Å². The van der Waals surface area contributed by atoms with Crippen molar-refractivity contribution in [2.45, 2.75) is 57.8 Å². The number of allylic oxidation sites excluding steroid dienone is 8. The van der Waals surface area contributed by atoms with Crippen LogP contribution in [0.25, 0.3) is 0 Å². The molecule has 0 radical (unpaired) electrons. The van der Waals surface area contributed by atoms with Gasteiger partial charge in [-0.05, 0) is 35.4 Å². The van der Waals surface area contributed by atoms with Gasteiger partial charge in [-0.3, -0.25) is 28.8 Å². The van der Waals surface area contributed by atoms with E-state index >= 15 is 0 Å². The smallest absolute Gasteiger partial charge is 0.232 e. The number of dihydropyridines is 1. The topological polar surface area (TPSA) is 186 Å². The fraction of sp³-hybridized carbons (Fsp3) is 0.227. The molecule has 2 atom stereocenters. The summed E-state index contributed by atoms with van der Waals surface area (Å²) in [4.78, 5) is 82.6. The summed E-state index contributed by atoms with van der Waals surface area (Å²) < 4.78 is 5.75. The number of nitrogens with zero attached hydrogens (tertiary/aromatic N) is 1. The Labute approximate surface area is 326 Å². The zero-order chi connectivity index (χ0) is 39.6. The van der Waals surface area contributed by atoms with Crippen LogP contribution in [0.3, 0.4) is 0 Å². The number of aromatic nitrogens is 1. The minimum atomic E-state index is -0.676. The number of hydrogen-bond acceptors (Lipinski definition) is 11. The van der Waals surface area contributed by atoms with Crippen molar-refractivity contribution in [3.63, 3.8) is 0 Å². The highest BCUT2D eigenvalue weighted by atomic mass is 35.5. The quantitative estimate of drug-likeness (QED) is 0.151. The summed E-state index contributed by atoms with van der Waals surface area (Å²) in [5.41, 5.74) is 9.70. The van der Waals surface area contributed by atoms with Gasteiger partial charge in [0, 0.05) is 77.1 Å². The highest BCUT2D eigenvalue weighted by Gasteiger charge is 2.48. The van der Waals surface area contributed by atoms with Crippen LogP contribution in [0.2, 0.25) is 5.15 Å². The summed E-state index contributed by atoms with van der Waals surface area (Å²) in [5, 5.41) is 10.9. The number of nitrogens with one attached hydrogen (secondary N) is 2. The van der Waals surface area contributed by atoms with Crippen LogP contribution in [-0.4, -0.2) is 45.9 Å². The van der Waals surface area contributed by atoms with E-state index < -0.39 is 23.4 Å². The van der Waals surface area contributed by atoms with Crippen molar-refractivity contribution in [3.8, 4) is 0 Å². The fourth-order valence-corrected chi connectivity index (χ4v) is 8.63. The summed E-state index contributed by atoms with van der Waals surface area (Å²) in [6, 6.07) is 19.3. The summed E-state index contributed by atoms with van der Waals surface area (Å²) >= 11 is 5.97. The fourth-order valence-electron chi connectivity index (χ4n) is 8.51. The van der Waals surface area contributed by atoms with Crippen LogP contribution in [0.15, 0.2) is 129 Å². The predicted octanol–water partition coefficient (Wildman–Crippen LogP) is 6.47. The maximum atomic E-state index is 13.5. The molecule has 0 bridgehead atoms. The molecule has 9 rings (SSSR count). The number of ketones is 6. The minimum absolute atomic E-state index is 0.0145. The van der Waals surface area contributed by atoms with Crippen LogP contribution in [-0.2, 0) is 23.9 Å². The highest BCUT2D eigenvalue weighted by Crippen LogP contribution is 2.50. The van der Waals surface area contributed by atoms with E-state index in [0.29, 0.717) is 76.4 Å². The number of nitrogens with two attached hydrogens (primary N) is 1. The Kier molecular flexibility index (Phi) is 9.00. The molecule has 0 fully saturated rings. The van der Waals surface area contributed by atoms with Gasteiger partial charge in [0.05, 0.1) is 22.5 Å². The van der Waals surface area contributed by atoms with Gasteiger partial charge in [0.2, 0.25) is 17.3 Å². The van der Waals surface area contributed by atoms with Crippen LogP contribution in [0.1, 0.15) is 89.6 Å². The summed E-state index contributed by atoms with van der Waals surface area (Å²) in [6.07, 6.45) is 4.90. The van der Waals surface area contributed by atoms with E-state index in [-0.39, 0.29) is 56.8 Å². The van der Waals surface area contributed by atoms with Gasteiger partial charge in [-0.15, -0.1) is 0 Å². The lowest BCUT2D eigenvalue weighted by atomic mass is 9.66. The lowest BCUT2D eigenvalue weighted by Crippen LogP contribution is -2.42. The predicted molar refractivity (Wildman–Crippen MR) is 205 cm³/mol. The molecule has 2 aromatic carbocycles. The first-order valence-electron chi connectivity index (χ1n) is 18.2. The molecular formula is C44H35ClN4O7. The van der Waals surface area contributed by atoms with Gasteiger partial charge >= 0.3 is 0 Å². The first-order valence-corrected chi connectivity index (χ1v) is 18.6. The van der Waals surface area contributed by atoms with Gasteiger partial charge in [-0.2, -0.15) is 0 Å². The second-order valence-corrected chi connectivity index (χ2v) is 15.6. The molecule has 6 aliphatic rings. The Morgan fingerprint density at radius 1 is 0.768 bits per heavy atom. The molecule has 0 amide bonds. The molecule has 0 spiro atoms.